The fourth-order valence-electron chi connectivity index (χ4n) is 1.04. The van der Waals surface area contributed by atoms with Crippen LogP contribution in [0.3, 0.4) is 0 Å². The summed E-state index contributed by atoms with van der Waals surface area (Å²) in [5, 5.41) is 8.35. The zero-order valence-electron chi connectivity index (χ0n) is 11.2. The van der Waals surface area contributed by atoms with Gasteiger partial charge in [-0.25, -0.2) is 10.3 Å². The van der Waals surface area contributed by atoms with Gasteiger partial charge in [-0.15, -0.1) is 24.8 Å². The normalized spacial score (nSPS) is 11.8. The number of halogens is 2. The molecule has 0 bridgehead atoms. The van der Waals surface area contributed by atoms with Crippen molar-refractivity contribution in [1.82, 2.24) is 10.4 Å². The van der Waals surface area contributed by atoms with Gasteiger partial charge in [0.1, 0.15) is 0 Å². The predicted octanol–water partition coefficient (Wildman–Crippen LogP) is 2.69. The standard InChI is InChI=1S/C6H15NO.C5H6N2O2.2ClH/c1-3-4-5-6-8-7-2;8-5(9)7-3-1-6-2-4-7;;/h7H,3-6H2,1-2H3;1-3H,4H2,(H,8,9);2*1H. The van der Waals surface area contributed by atoms with Gasteiger partial charge in [0.25, 0.3) is 0 Å². The van der Waals surface area contributed by atoms with Crippen LogP contribution in [0.4, 0.5) is 4.79 Å². The maximum atomic E-state index is 10.2. The number of nitrogens with zero attached hydrogens (tertiary/aromatic N) is 2. The van der Waals surface area contributed by atoms with Crippen LogP contribution in [0.25, 0.3) is 0 Å². The summed E-state index contributed by atoms with van der Waals surface area (Å²) in [7, 11) is 1.78. The van der Waals surface area contributed by atoms with Gasteiger partial charge < -0.3 is 9.94 Å². The second-order valence-corrected chi connectivity index (χ2v) is 3.32. The molecule has 1 amide bonds. The third kappa shape index (κ3) is 15.1. The Balaban J connectivity index is -0.000000246. The molecule has 19 heavy (non-hydrogen) atoms. The third-order valence-electron chi connectivity index (χ3n) is 1.96. The van der Waals surface area contributed by atoms with Crippen LogP contribution in [0.5, 0.6) is 0 Å². The molecule has 0 spiro atoms. The first-order valence-electron chi connectivity index (χ1n) is 5.68. The minimum Gasteiger partial charge on any atom is -0.465 e. The molecule has 0 aliphatic carbocycles. The third-order valence-corrected chi connectivity index (χ3v) is 1.96. The Labute approximate surface area is 126 Å². The van der Waals surface area contributed by atoms with Crippen molar-refractivity contribution in [3.63, 3.8) is 0 Å². The average Bonchev–Trinajstić information content (AvgIpc) is 2.37. The summed E-state index contributed by atoms with van der Waals surface area (Å²) in [4.78, 5) is 19.9. The largest absolute Gasteiger partial charge is 0.465 e. The zero-order chi connectivity index (χ0) is 12.9. The zero-order valence-corrected chi connectivity index (χ0v) is 12.9. The lowest BCUT2D eigenvalue weighted by Gasteiger charge is -2.11. The van der Waals surface area contributed by atoms with Crippen molar-refractivity contribution < 1.29 is 14.7 Å². The molecule has 1 heterocycles. The second-order valence-electron chi connectivity index (χ2n) is 3.32. The van der Waals surface area contributed by atoms with E-state index in [1.807, 2.05) is 0 Å². The average molecular weight is 316 g/mol. The Morgan fingerprint density at radius 3 is 2.53 bits per heavy atom. The highest BCUT2D eigenvalue weighted by atomic mass is 35.5. The summed E-state index contributed by atoms with van der Waals surface area (Å²) < 4.78 is 0. The molecule has 0 aromatic carbocycles. The van der Waals surface area contributed by atoms with Crippen molar-refractivity contribution in [3.05, 3.63) is 12.4 Å². The number of carbonyl (C=O) groups is 1. The molecule has 0 unspecified atom stereocenters. The minimum absolute atomic E-state index is 0. The molecule has 1 aliphatic heterocycles. The number of unbranched alkanes of at least 4 members (excludes halogenated alkanes) is 2. The molecule has 6 nitrogen and oxygen atoms in total. The fraction of sp³-hybridized carbons (Fsp3) is 0.636. The van der Waals surface area contributed by atoms with Crippen LogP contribution < -0.4 is 5.48 Å². The fourth-order valence-corrected chi connectivity index (χ4v) is 1.04. The van der Waals surface area contributed by atoms with E-state index in [9.17, 15) is 4.79 Å². The lowest BCUT2D eigenvalue weighted by Crippen LogP contribution is -2.26. The molecule has 2 N–H and O–H groups in total. The number of nitrogens with one attached hydrogen (secondary N) is 1. The number of rotatable bonds is 5. The van der Waals surface area contributed by atoms with Crippen LogP contribution >= 0.6 is 24.8 Å². The van der Waals surface area contributed by atoms with Gasteiger partial charge in [-0.05, 0) is 6.42 Å². The van der Waals surface area contributed by atoms with Gasteiger partial charge in [0.05, 0.1) is 13.2 Å². The van der Waals surface area contributed by atoms with E-state index < -0.39 is 6.09 Å². The van der Waals surface area contributed by atoms with Crippen LogP contribution in [0.1, 0.15) is 26.2 Å². The molecule has 0 radical (unpaired) electrons. The molecule has 114 valence electrons. The van der Waals surface area contributed by atoms with Crippen molar-refractivity contribution in [2.45, 2.75) is 26.2 Å². The van der Waals surface area contributed by atoms with Crippen LogP contribution in [-0.2, 0) is 4.84 Å². The summed E-state index contributed by atoms with van der Waals surface area (Å²) in [6, 6.07) is 0. The smallest absolute Gasteiger partial charge is 0.411 e. The molecule has 0 saturated heterocycles. The summed E-state index contributed by atoms with van der Waals surface area (Å²) >= 11 is 0. The maximum Gasteiger partial charge on any atom is 0.411 e. The Hall–Kier alpha value is -0.820. The van der Waals surface area contributed by atoms with Crippen LogP contribution in [-0.4, -0.2) is 42.5 Å². The number of aliphatic imine (C=N–C) groups is 1. The summed E-state index contributed by atoms with van der Waals surface area (Å²) in [6.07, 6.45) is 7.14. The quantitative estimate of drug-likeness (QED) is 0.604. The summed E-state index contributed by atoms with van der Waals surface area (Å²) in [6.45, 7) is 3.37. The predicted molar refractivity (Wildman–Crippen MR) is 81.4 cm³/mol. The van der Waals surface area contributed by atoms with Gasteiger partial charge in [0.15, 0.2) is 0 Å². The lowest BCUT2D eigenvalue weighted by atomic mass is 10.3. The number of amides is 1. The van der Waals surface area contributed by atoms with Gasteiger partial charge in [-0.2, -0.15) is 0 Å². The van der Waals surface area contributed by atoms with Gasteiger partial charge in [-0.1, -0.05) is 19.8 Å². The first-order valence-corrected chi connectivity index (χ1v) is 5.68. The van der Waals surface area contributed by atoms with E-state index in [1.54, 1.807) is 7.05 Å². The Kier molecular flexibility index (Phi) is 21.1. The first-order chi connectivity index (χ1) is 8.22. The van der Waals surface area contributed by atoms with E-state index in [1.165, 1.54) is 31.5 Å². The molecule has 0 saturated carbocycles. The second kappa shape index (κ2) is 17.2. The molecule has 8 heteroatoms. The van der Waals surface area contributed by atoms with Crippen molar-refractivity contribution >= 4 is 37.1 Å². The van der Waals surface area contributed by atoms with Gasteiger partial charge in [0.2, 0.25) is 0 Å². The lowest BCUT2D eigenvalue weighted by molar-refractivity contribution is 0.0552. The number of hydrogen-bond donors (Lipinski definition) is 2. The van der Waals surface area contributed by atoms with Crippen LogP contribution in [0, 0.1) is 0 Å². The van der Waals surface area contributed by atoms with E-state index in [0.29, 0.717) is 6.54 Å². The Morgan fingerprint density at radius 2 is 2.16 bits per heavy atom. The molecular formula is C11H23Cl2N3O3. The minimum atomic E-state index is -0.947. The SMILES string of the molecule is CCCCCONC.Cl.Cl.O=C(O)N1C=CN=CC1. The van der Waals surface area contributed by atoms with Crippen molar-refractivity contribution in [2.75, 3.05) is 20.2 Å². The van der Waals surface area contributed by atoms with Gasteiger partial charge in [-0.3, -0.25) is 9.89 Å². The van der Waals surface area contributed by atoms with Crippen LogP contribution in [0.2, 0.25) is 0 Å². The van der Waals surface area contributed by atoms with Crippen molar-refractivity contribution in [3.8, 4) is 0 Å². The monoisotopic (exact) mass is 315 g/mol. The van der Waals surface area contributed by atoms with E-state index in [-0.39, 0.29) is 24.8 Å². The highest BCUT2D eigenvalue weighted by molar-refractivity contribution is 5.85. The number of hydrogen-bond acceptors (Lipinski definition) is 4. The Morgan fingerprint density at radius 1 is 1.47 bits per heavy atom. The maximum absolute atomic E-state index is 10.2. The van der Waals surface area contributed by atoms with E-state index in [0.717, 1.165) is 17.9 Å². The summed E-state index contributed by atoms with van der Waals surface area (Å²) in [5.74, 6) is 0. The van der Waals surface area contributed by atoms with E-state index >= 15 is 0 Å². The Bertz CT molecular complexity index is 258. The summed E-state index contributed by atoms with van der Waals surface area (Å²) in [5.41, 5.74) is 2.63. The highest BCUT2D eigenvalue weighted by Gasteiger charge is 2.06. The van der Waals surface area contributed by atoms with Crippen LogP contribution in [0.15, 0.2) is 17.4 Å². The van der Waals surface area contributed by atoms with E-state index in [4.69, 9.17) is 9.94 Å². The molecule has 0 fully saturated rings. The topological polar surface area (TPSA) is 74.2 Å². The highest BCUT2D eigenvalue weighted by Crippen LogP contribution is 1.93. The molecule has 1 aliphatic rings. The first kappa shape index (κ1) is 23.3. The van der Waals surface area contributed by atoms with Crippen molar-refractivity contribution in [1.29, 1.82) is 0 Å². The molecular weight excluding hydrogens is 293 g/mol. The molecule has 0 aromatic rings. The van der Waals surface area contributed by atoms with E-state index in [2.05, 4.69) is 17.4 Å². The van der Waals surface area contributed by atoms with Crippen molar-refractivity contribution in [2.24, 2.45) is 4.99 Å². The van der Waals surface area contributed by atoms with Gasteiger partial charge >= 0.3 is 6.09 Å². The molecule has 0 aromatic heterocycles. The van der Waals surface area contributed by atoms with Gasteiger partial charge in [0, 0.05) is 25.7 Å². The number of carboxylic acid groups (broad SMARTS) is 1. The molecule has 1 rings (SSSR count). The number of hydroxylamine groups is 1. The molecule has 0 atom stereocenters.